The van der Waals surface area contributed by atoms with Gasteiger partial charge in [-0.25, -0.2) is 4.79 Å². The number of nitrogens with one attached hydrogen (secondary N) is 1. The third-order valence-electron chi connectivity index (χ3n) is 1.42. The van der Waals surface area contributed by atoms with E-state index in [0.717, 1.165) is 6.26 Å². The lowest BCUT2D eigenvalue weighted by atomic mass is 10.2. The minimum atomic E-state index is -0.653. The topological polar surface area (TPSA) is 81.4 Å². The van der Waals surface area contributed by atoms with Crippen molar-refractivity contribution in [3.05, 3.63) is 17.5 Å². The van der Waals surface area contributed by atoms with Crippen LogP contribution in [0.25, 0.3) is 0 Å². The van der Waals surface area contributed by atoms with Gasteiger partial charge in [0.2, 0.25) is 0 Å². The molecule has 0 aromatic carbocycles. The molecule has 1 N–H and O–H groups in total. The molecule has 0 saturated carbocycles. The highest BCUT2D eigenvalue weighted by molar-refractivity contribution is 6.03. The van der Waals surface area contributed by atoms with Crippen LogP contribution in [0.1, 0.15) is 20.8 Å². The molecular weight excluding hydrogens is 176 g/mol. The Hall–Kier alpha value is -1.85. The molecule has 0 aliphatic heterocycles. The Morgan fingerprint density at radius 1 is 1.62 bits per heavy atom. The average Bonchev–Trinajstić information content (AvgIpc) is 2.63. The van der Waals surface area contributed by atoms with E-state index in [2.05, 4.69) is 19.7 Å². The van der Waals surface area contributed by atoms with Crippen LogP contribution in [0.15, 0.2) is 10.8 Å². The number of rotatable bonds is 2. The van der Waals surface area contributed by atoms with Gasteiger partial charge in [-0.2, -0.15) is 0 Å². The maximum absolute atomic E-state index is 11.1. The molecule has 1 aromatic heterocycles. The van der Waals surface area contributed by atoms with Gasteiger partial charge in [-0.3, -0.25) is 4.79 Å². The second-order valence-electron chi connectivity index (χ2n) is 2.15. The van der Waals surface area contributed by atoms with Crippen LogP contribution in [0.2, 0.25) is 0 Å². The van der Waals surface area contributed by atoms with Crippen molar-refractivity contribution in [3.8, 4) is 0 Å². The summed E-state index contributed by atoms with van der Waals surface area (Å²) in [5.41, 5.74) is -0.0591. The Bertz CT molecular complexity index is 300. The standard InChI is InChI=1S/C7H8N2O4/c1-8-6(10)5-4(3-13-9-5)7(11)12-2/h3H,1-2H3,(H,8,10). The molecular formula is C7H8N2O4. The Balaban J connectivity index is 3.02. The number of aromatic nitrogens is 1. The van der Waals surface area contributed by atoms with E-state index in [4.69, 9.17) is 0 Å². The zero-order valence-electron chi connectivity index (χ0n) is 7.16. The largest absolute Gasteiger partial charge is 0.465 e. The van der Waals surface area contributed by atoms with E-state index in [1.165, 1.54) is 14.2 Å². The Labute approximate surface area is 73.8 Å². The summed E-state index contributed by atoms with van der Waals surface area (Å²) < 4.78 is 8.89. The van der Waals surface area contributed by atoms with Crippen molar-refractivity contribution in [3.63, 3.8) is 0 Å². The first-order valence-electron chi connectivity index (χ1n) is 3.45. The average molecular weight is 184 g/mol. The SMILES string of the molecule is CNC(=O)c1nocc1C(=O)OC. The van der Waals surface area contributed by atoms with Crippen molar-refractivity contribution >= 4 is 11.9 Å². The van der Waals surface area contributed by atoms with E-state index in [9.17, 15) is 9.59 Å². The van der Waals surface area contributed by atoms with E-state index < -0.39 is 11.9 Å². The van der Waals surface area contributed by atoms with Crippen LogP contribution in [-0.4, -0.2) is 31.2 Å². The minimum absolute atomic E-state index is 0.0156. The molecule has 6 nitrogen and oxygen atoms in total. The van der Waals surface area contributed by atoms with Gasteiger partial charge in [-0.05, 0) is 0 Å². The van der Waals surface area contributed by atoms with Gasteiger partial charge in [0.05, 0.1) is 7.11 Å². The molecule has 1 heterocycles. The first-order chi connectivity index (χ1) is 6.20. The van der Waals surface area contributed by atoms with Crippen LogP contribution in [-0.2, 0) is 4.74 Å². The molecule has 0 atom stereocenters. The van der Waals surface area contributed by atoms with Gasteiger partial charge in [0.15, 0.2) is 5.69 Å². The van der Waals surface area contributed by atoms with Gasteiger partial charge < -0.3 is 14.6 Å². The molecule has 0 fully saturated rings. The van der Waals surface area contributed by atoms with Gasteiger partial charge in [0, 0.05) is 7.05 Å². The third-order valence-corrected chi connectivity index (χ3v) is 1.42. The fraction of sp³-hybridized carbons (Fsp3) is 0.286. The maximum Gasteiger partial charge on any atom is 0.343 e. The lowest BCUT2D eigenvalue weighted by molar-refractivity contribution is 0.0596. The van der Waals surface area contributed by atoms with Gasteiger partial charge in [-0.1, -0.05) is 5.16 Å². The molecule has 0 bridgehead atoms. The van der Waals surface area contributed by atoms with E-state index in [1.807, 2.05) is 0 Å². The normalized spacial score (nSPS) is 9.38. The maximum atomic E-state index is 11.1. The summed E-state index contributed by atoms with van der Waals surface area (Å²) in [7, 11) is 2.64. The van der Waals surface area contributed by atoms with E-state index >= 15 is 0 Å². The quantitative estimate of drug-likeness (QED) is 0.645. The van der Waals surface area contributed by atoms with Crippen molar-refractivity contribution < 1.29 is 18.8 Å². The van der Waals surface area contributed by atoms with Gasteiger partial charge in [0.25, 0.3) is 5.91 Å². The predicted molar refractivity (Wildman–Crippen MR) is 41.2 cm³/mol. The molecule has 0 aliphatic carbocycles. The fourth-order valence-electron chi connectivity index (χ4n) is 0.774. The van der Waals surface area contributed by atoms with Crippen molar-refractivity contribution in [2.75, 3.05) is 14.2 Å². The van der Waals surface area contributed by atoms with Crippen molar-refractivity contribution in [2.24, 2.45) is 0 Å². The summed E-state index contributed by atoms with van der Waals surface area (Å²) >= 11 is 0. The highest BCUT2D eigenvalue weighted by atomic mass is 16.5. The van der Waals surface area contributed by atoms with Crippen LogP contribution >= 0.6 is 0 Å². The molecule has 0 saturated heterocycles. The van der Waals surface area contributed by atoms with Crippen molar-refractivity contribution in [1.82, 2.24) is 10.5 Å². The second kappa shape index (κ2) is 3.70. The van der Waals surface area contributed by atoms with Crippen LogP contribution in [0.5, 0.6) is 0 Å². The molecule has 1 rings (SSSR count). The monoisotopic (exact) mass is 184 g/mol. The van der Waals surface area contributed by atoms with Gasteiger partial charge in [-0.15, -0.1) is 0 Å². The number of hydrogen-bond donors (Lipinski definition) is 1. The minimum Gasteiger partial charge on any atom is -0.465 e. The number of esters is 1. The molecule has 0 spiro atoms. The van der Waals surface area contributed by atoms with Crippen LogP contribution in [0.4, 0.5) is 0 Å². The summed E-state index contributed by atoms with van der Waals surface area (Å²) in [5, 5.41) is 5.69. The van der Waals surface area contributed by atoms with E-state index in [-0.39, 0.29) is 11.3 Å². The lowest BCUT2D eigenvalue weighted by Gasteiger charge is -1.96. The van der Waals surface area contributed by atoms with E-state index in [1.54, 1.807) is 0 Å². The highest BCUT2D eigenvalue weighted by Gasteiger charge is 2.21. The first kappa shape index (κ1) is 9.24. The molecule has 70 valence electrons. The van der Waals surface area contributed by atoms with Crippen molar-refractivity contribution in [2.45, 2.75) is 0 Å². The predicted octanol–water partition coefficient (Wildman–Crippen LogP) is -0.179. The Morgan fingerprint density at radius 3 is 2.85 bits per heavy atom. The molecule has 13 heavy (non-hydrogen) atoms. The number of nitrogens with zero attached hydrogens (tertiary/aromatic N) is 1. The van der Waals surface area contributed by atoms with Gasteiger partial charge >= 0.3 is 5.97 Å². The van der Waals surface area contributed by atoms with Crippen LogP contribution in [0, 0.1) is 0 Å². The molecule has 0 radical (unpaired) electrons. The summed E-state index contributed by atoms with van der Waals surface area (Å²) in [6.45, 7) is 0. The lowest BCUT2D eigenvalue weighted by Crippen LogP contribution is -2.21. The molecule has 1 amide bonds. The van der Waals surface area contributed by atoms with Crippen molar-refractivity contribution in [1.29, 1.82) is 0 Å². The zero-order valence-corrected chi connectivity index (χ0v) is 7.16. The Morgan fingerprint density at radius 2 is 2.31 bits per heavy atom. The molecule has 6 heteroatoms. The second-order valence-corrected chi connectivity index (χ2v) is 2.15. The number of carbonyl (C=O) groups is 2. The van der Waals surface area contributed by atoms with E-state index in [0.29, 0.717) is 0 Å². The highest BCUT2D eigenvalue weighted by Crippen LogP contribution is 2.07. The summed E-state index contributed by atoms with van der Waals surface area (Å²) in [5.74, 6) is -1.14. The van der Waals surface area contributed by atoms with Gasteiger partial charge in [0.1, 0.15) is 11.8 Å². The zero-order chi connectivity index (χ0) is 9.84. The van der Waals surface area contributed by atoms with Crippen LogP contribution < -0.4 is 5.32 Å². The number of methoxy groups -OCH3 is 1. The molecule has 0 aliphatic rings. The number of amides is 1. The summed E-state index contributed by atoms with van der Waals surface area (Å²) in [6.07, 6.45) is 1.07. The van der Waals surface area contributed by atoms with Crippen LogP contribution in [0.3, 0.4) is 0 Å². The summed E-state index contributed by atoms with van der Waals surface area (Å²) in [6, 6.07) is 0. The molecule has 1 aromatic rings. The number of ether oxygens (including phenoxy) is 1. The smallest absolute Gasteiger partial charge is 0.343 e. The summed E-state index contributed by atoms with van der Waals surface area (Å²) in [4.78, 5) is 22.1. The number of hydrogen-bond acceptors (Lipinski definition) is 5. The first-order valence-corrected chi connectivity index (χ1v) is 3.45. The number of carbonyl (C=O) groups excluding carboxylic acids is 2. The third kappa shape index (κ3) is 1.66. The Kier molecular flexibility index (Phi) is 2.63. The fourth-order valence-corrected chi connectivity index (χ4v) is 0.774. The molecule has 0 unspecified atom stereocenters.